The molecule has 0 aliphatic heterocycles. The average molecular weight is 299 g/mol. The molecule has 1 heterocycles. The molecule has 0 aliphatic rings. The lowest BCUT2D eigenvalue weighted by Crippen LogP contribution is -2.05. The molecule has 2 rings (SSSR count). The smallest absolute Gasteiger partial charge is 0.242 e. The van der Waals surface area contributed by atoms with E-state index in [9.17, 15) is 0 Å². The van der Waals surface area contributed by atoms with Gasteiger partial charge in [0, 0.05) is 12.6 Å². The van der Waals surface area contributed by atoms with Crippen molar-refractivity contribution < 1.29 is 1.37 Å². The van der Waals surface area contributed by atoms with Gasteiger partial charge < -0.3 is 11.1 Å². The van der Waals surface area contributed by atoms with Gasteiger partial charge in [-0.15, -0.1) is 10.2 Å². The first-order valence-electron chi connectivity index (χ1n) is 6.01. The van der Waals surface area contributed by atoms with Crippen LogP contribution in [0.5, 0.6) is 0 Å². The van der Waals surface area contributed by atoms with E-state index in [2.05, 4.69) is 20.5 Å². The maximum Gasteiger partial charge on any atom is 0.242 e. The number of hydrogen-bond acceptors (Lipinski definition) is 5. The van der Waals surface area contributed by atoms with E-state index in [1.54, 1.807) is 14.0 Å². The largest absolute Gasteiger partial charge is 0.371 e. The molecule has 0 radical (unpaired) electrons. The molecule has 0 aliphatic carbocycles. The summed E-state index contributed by atoms with van der Waals surface area (Å²) in [4.78, 5) is 4.04. The molecule has 0 saturated carbocycles. The predicted octanol–water partition coefficient (Wildman–Crippen LogP) is 3.09. The van der Waals surface area contributed by atoms with E-state index in [-0.39, 0.29) is 17.0 Å². The topological polar surface area (TPSA) is 76.7 Å². The van der Waals surface area contributed by atoms with Gasteiger partial charge in [0.15, 0.2) is 5.82 Å². The Hall–Kier alpha value is -1.59. The highest BCUT2D eigenvalue weighted by atomic mass is 35.5. The quantitative estimate of drug-likeness (QED) is 0.891. The second-order valence-electron chi connectivity index (χ2n) is 4.00. The molecule has 7 heteroatoms. The Labute approximate surface area is 122 Å². The van der Waals surface area contributed by atoms with Crippen LogP contribution < -0.4 is 11.1 Å². The molecule has 100 valence electrons. The third-order valence-corrected chi connectivity index (χ3v) is 3.74. The van der Waals surface area contributed by atoms with Gasteiger partial charge in [0.2, 0.25) is 5.95 Å². The van der Waals surface area contributed by atoms with Crippen LogP contribution in [-0.2, 0) is 0 Å². The number of halogens is 2. The molecule has 0 spiro atoms. The molecular formula is C12H13Cl2N5. The van der Waals surface area contributed by atoms with Crippen molar-refractivity contribution >= 4 is 35.0 Å². The highest BCUT2D eigenvalue weighted by molar-refractivity contribution is 6.44. The summed E-state index contributed by atoms with van der Waals surface area (Å²) < 4.78 is 8.24. The summed E-state index contributed by atoms with van der Waals surface area (Å²) in [6, 6.07) is 0.245. The fourth-order valence-electron chi connectivity index (χ4n) is 1.62. The van der Waals surface area contributed by atoms with Crippen LogP contribution in [0.2, 0.25) is 10.0 Å². The highest BCUT2D eigenvalue weighted by Gasteiger charge is 2.17. The zero-order valence-electron chi connectivity index (χ0n) is 11.7. The van der Waals surface area contributed by atoms with Crippen molar-refractivity contribution in [3.8, 4) is 11.3 Å². The van der Waals surface area contributed by atoms with E-state index in [1.807, 2.05) is 6.92 Å². The van der Waals surface area contributed by atoms with Gasteiger partial charge >= 0.3 is 0 Å². The monoisotopic (exact) mass is 298 g/mol. The van der Waals surface area contributed by atoms with E-state index in [0.29, 0.717) is 22.1 Å². The van der Waals surface area contributed by atoms with Crippen LogP contribution >= 0.6 is 23.2 Å². The summed E-state index contributed by atoms with van der Waals surface area (Å²) in [7, 11) is 1.67. The van der Waals surface area contributed by atoms with Gasteiger partial charge in [-0.25, -0.2) is 0 Å². The minimum absolute atomic E-state index is 0.0377. The molecule has 0 bridgehead atoms. The number of nitrogens with two attached hydrogens (primary N) is 1. The first-order valence-corrected chi connectivity index (χ1v) is 6.27. The number of anilines is 2. The summed E-state index contributed by atoms with van der Waals surface area (Å²) in [5.74, 6) is 0.433. The Bertz CT molecular complexity index is 661. The van der Waals surface area contributed by atoms with E-state index < -0.39 is 0 Å². The van der Waals surface area contributed by atoms with Crippen LogP contribution in [0.25, 0.3) is 11.3 Å². The maximum absolute atomic E-state index is 8.24. The summed E-state index contributed by atoms with van der Waals surface area (Å²) in [6.45, 7) is 3.62. The van der Waals surface area contributed by atoms with Crippen LogP contribution in [0.1, 0.15) is 12.5 Å². The molecule has 1 aromatic carbocycles. The standard InChI is InChI=1S/C12H13Cl2N5/c1-5-4-7(9(14)8(13)6(5)2)10-11(16-3)17-12(15)19-18-10/h4H,1-3H3,(H3,15,16,17,19)/i4D. The van der Waals surface area contributed by atoms with Crippen molar-refractivity contribution in [1.82, 2.24) is 15.2 Å². The first-order chi connectivity index (χ1) is 9.38. The highest BCUT2D eigenvalue weighted by Crippen LogP contribution is 2.38. The lowest BCUT2D eigenvalue weighted by atomic mass is 10.0. The van der Waals surface area contributed by atoms with Crippen molar-refractivity contribution in [2.45, 2.75) is 13.8 Å². The number of hydrogen-bond donors (Lipinski definition) is 2. The Balaban J connectivity index is 2.83. The fraction of sp³-hybridized carbons (Fsp3) is 0.250. The number of aromatic nitrogens is 3. The zero-order chi connectivity index (χ0) is 15.0. The van der Waals surface area contributed by atoms with Gasteiger partial charge in [-0.1, -0.05) is 23.2 Å². The zero-order valence-corrected chi connectivity index (χ0v) is 12.2. The Morgan fingerprint density at radius 1 is 1.26 bits per heavy atom. The number of rotatable bonds is 2. The summed E-state index contributed by atoms with van der Waals surface area (Å²) in [5, 5.41) is 11.2. The summed E-state index contributed by atoms with van der Waals surface area (Å²) in [5.41, 5.74) is 7.75. The molecule has 5 nitrogen and oxygen atoms in total. The molecule has 2 aromatic rings. The van der Waals surface area contributed by atoms with Gasteiger partial charge in [-0.05, 0) is 31.0 Å². The normalized spacial score (nSPS) is 11.3. The summed E-state index contributed by atoms with van der Waals surface area (Å²) >= 11 is 12.5. The van der Waals surface area contributed by atoms with Crippen molar-refractivity contribution in [3.63, 3.8) is 0 Å². The minimum Gasteiger partial charge on any atom is -0.371 e. The van der Waals surface area contributed by atoms with Crippen LogP contribution in [0.4, 0.5) is 11.8 Å². The average Bonchev–Trinajstić information content (AvgIpc) is 2.44. The molecule has 0 atom stereocenters. The van der Waals surface area contributed by atoms with Gasteiger partial charge in [0.05, 0.1) is 11.4 Å². The SMILES string of the molecule is [2H]c1c(C)c(C)c(Cl)c(Cl)c1-c1nnc(N)nc1NC. The third kappa shape index (κ3) is 2.43. The molecule has 3 N–H and O–H groups in total. The second-order valence-corrected chi connectivity index (χ2v) is 4.75. The van der Waals surface area contributed by atoms with Gasteiger partial charge in [0.25, 0.3) is 0 Å². The van der Waals surface area contributed by atoms with Crippen LogP contribution in [0.15, 0.2) is 6.04 Å². The number of nitrogens with one attached hydrogen (secondary N) is 1. The Morgan fingerprint density at radius 3 is 2.58 bits per heavy atom. The molecule has 1 aromatic heterocycles. The molecule has 0 unspecified atom stereocenters. The first kappa shape index (κ1) is 12.4. The van der Waals surface area contributed by atoms with Crippen LogP contribution in [0.3, 0.4) is 0 Å². The van der Waals surface area contributed by atoms with E-state index in [1.165, 1.54) is 0 Å². The van der Waals surface area contributed by atoms with E-state index in [0.717, 1.165) is 11.1 Å². The lowest BCUT2D eigenvalue weighted by molar-refractivity contribution is 0.993. The lowest BCUT2D eigenvalue weighted by Gasteiger charge is -2.12. The minimum atomic E-state index is 0.0377. The number of nitrogen functional groups attached to an aromatic ring is 1. The van der Waals surface area contributed by atoms with Gasteiger partial charge in [-0.2, -0.15) is 4.98 Å². The van der Waals surface area contributed by atoms with Crippen molar-refractivity contribution in [3.05, 3.63) is 27.2 Å². The third-order valence-electron chi connectivity index (χ3n) is 2.79. The van der Waals surface area contributed by atoms with Gasteiger partial charge in [0.1, 0.15) is 5.69 Å². The Kier molecular flexibility index (Phi) is 3.40. The van der Waals surface area contributed by atoms with E-state index >= 15 is 0 Å². The predicted molar refractivity (Wildman–Crippen MR) is 78.7 cm³/mol. The second kappa shape index (κ2) is 5.19. The number of benzene rings is 1. The van der Waals surface area contributed by atoms with Crippen LogP contribution in [0, 0.1) is 13.8 Å². The summed E-state index contributed by atoms with van der Waals surface area (Å²) in [6.07, 6.45) is 0. The van der Waals surface area contributed by atoms with Crippen LogP contribution in [-0.4, -0.2) is 22.2 Å². The molecule has 19 heavy (non-hydrogen) atoms. The van der Waals surface area contributed by atoms with Crippen molar-refractivity contribution in [2.75, 3.05) is 18.1 Å². The van der Waals surface area contributed by atoms with Gasteiger partial charge in [-0.3, -0.25) is 0 Å². The molecule has 0 saturated heterocycles. The van der Waals surface area contributed by atoms with Crippen molar-refractivity contribution in [2.24, 2.45) is 0 Å². The molecule has 0 fully saturated rings. The number of nitrogens with zero attached hydrogens (tertiary/aromatic N) is 3. The maximum atomic E-state index is 8.24. The Morgan fingerprint density at radius 2 is 1.95 bits per heavy atom. The van der Waals surface area contributed by atoms with Crippen molar-refractivity contribution in [1.29, 1.82) is 0 Å². The van der Waals surface area contributed by atoms with E-state index in [4.69, 9.17) is 30.3 Å². The molecular weight excluding hydrogens is 285 g/mol. The molecule has 0 amide bonds. The fourth-order valence-corrected chi connectivity index (χ4v) is 2.13.